The summed E-state index contributed by atoms with van der Waals surface area (Å²) in [6.07, 6.45) is 0.673. The van der Waals surface area contributed by atoms with Crippen LogP contribution in [0.15, 0.2) is 24.3 Å². The Bertz CT molecular complexity index is 382. The van der Waals surface area contributed by atoms with Gasteiger partial charge in [0.15, 0.2) is 0 Å². The zero-order valence-corrected chi connectivity index (χ0v) is 10.7. The van der Waals surface area contributed by atoms with Gasteiger partial charge in [0, 0.05) is 25.4 Å². The summed E-state index contributed by atoms with van der Waals surface area (Å²) in [6.45, 7) is 1.62. The minimum Gasteiger partial charge on any atom is -0.396 e. The first-order valence-electron chi connectivity index (χ1n) is 6.04. The number of aliphatic hydroxyl groups excluding tert-OH is 1. The Hall–Kier alpha value is -1.43. The number of likely N-dealkylation sites (N-methyl/N-ethyl adjacent to an activating group) is 1. The summed E-state index contributed by atoms with van der Waals surface area (Å²) in [5.74, 6) is -0.0652. The van der Waals surface area contributed by atoms with Crippen LogP contribution < -0.4 is 11.1 Å². The number of nitrogens with one attached hydrogen (secondary N) is 1. The van der Waals surface area contributed by atoms with Gasteiger partial charge in [-0.3, -0.25) is 9.69 Å². The molecule has 0 aliphatic carbocycles. The Morgan fingerprint density at radius 2 is 2.28 bits per heavy atom. The third-order valence-electron chi connectivity index (χ3n) is 2.56. The van der Waals surface area contributed by atoms with Crippen LogP contribution in [0.1, 0.15) is 12.0 Å². The second-order valence-electron chi connectivity index (χ2n) is 4.27. The van der Waals surface area contributed by atoms with Crippen molar-refractivity contribution < 1.29 is 9.90 Å². The molecule has 0 radical (unpaired) electrons. The van der Waals surface area contributed by atoms with Crippen LogP contribution in [0.4, 0.5) is 5.69 Å². The van der Waals surface area contributed by atoms with Crippen molar-refractivity contribution in [1.82, 2.24) is 4.90 Å². The zero-order chi connectivity index (χ0) is 13.4. The average molecular weight is 251 g/mol. The maximum absolute atomic E-state index is 11.7. The first kappa shape index (κ1) is 14.6. The number of amides is 1. The summed E-state index contributed by atoms with van der Waals surface area (Å²) in [5, 5.41) is 11.5. The van der Waals surface area contributed by atoms with Crippen molar-refractivity contribution in [3.05, 3.63) is 29.8 Å². The molecule has 4 N–H and O–H groups in total. The summed E-state index contributed by atoms with van der Waals surface area (Å²) in [4.78, 5) is 13.6. The number of aliphatic hydroxyl groups is 1. The molecule has 100 valence electrons. The highest BCUT2D eigenvalue weighted by Gasteiger charge is 2.06. The van der Waals surface area contributed by atoms with Crippen molar-refractivity contribution >= 4 is 11.6 Å². The molecule has 0 aliphatic rings. The average Bonchev–Trinajstić information content (AvgIpc) is 2.36. The smallest absolute Gasteiger partial charge is 0.238 e. The van der Waals surface area contributed by atoms with Gasteiger partial charge in [-0.05, 0) is 31.2 Å². The molecule has 1 aromatic carbocycles. The molecule has 1 rings (SSSR count). The topological polar surface area (TPSA) is 78.6 Å². The highest BCUT2D eigenvalue weighted by Crippen LogP contribution is 2.09. The van der Waals surface area contributed by atoms with E-state index in [1.54, 1.807) is 0 Å². The van der Waals surface area contributed by atoms with E-state index in [1.165, 1.54) is 0 Å². The summed E-state index contributed by atoms with van der Waals surface area (Å²) >= 11 is 0. The van der Waals surface area contributed by atoms with Crippen LogP contribution in [0.3, 0.4) is 0 Å². The van der Waals surface area contributed by atoms with E-state index in [2.05, 4.69) is 5.32 Å². The number of nitrogens with zero attached hydrogens (tertiary/aromatic N) is 1. The maximum Gasteiger partial charge on any atom is 0.238 e. The van der Waals surface area contributed by atoms with E-state index in [-0.39, 0.29) is 12.5 Å². The zero-order valence-electron chi connectivity index (χ0n) is 10.7. The van der Waals surface area contributed by atoms with Crippen LogP contribution in [0.25, 0.3) is 0 Å². The van der Waals surface area contributed by atoms with E-state index in [4.69, 9.17) is 10.8 Å². The molecule has 5 heteroatoms. The van der Waals surface area contributed by atoms with Crippen molar-refractivity contribution in [3.63, 3.8) is 0 Å². The third-order valence-corrected chi connectivity index (χ3v) is 2.56. The maximum atomic E-state index is 11.7. The monoisotopic (exact) mass is 251 g/mol. The van der Waals surface area contributed by atoms with Gasteiger partial charge in [-0.15, -0.1) is 0 Å². The largest absolute Gasteiger partial charge is 0.396 e. The molecule has 0 aliphatic heterocycles. The first-order chi connectivity index (χ1) is 8.65. The number of hydrogen-bond donors (Lipinski definition) is 3. The van der Waals surface area contributed by atoms with Crippen molar-refractivity contribution in [2.75, 3.05) is 32.1 Å². The van der Waals surface area contributed by atoms with Gasteiger partial charge >= 0.3 is 0 Å². The molecule has 1 aromatic rings. The van der Waals surface area contributed by atoms with Crippen LogP contribution in [-0.2, 0) is 11.3 Å². The second-order valence-corrected chi connectivity index (χ2v) is 4.27. The minimum atomic E-state index is -0.0652. The highest BCUT2D eigenvalue weighted by molar-refractivity contribution is 5.92. The van der Waals surface area contributed by atoms with E-state index in [9.17, 15) is 4.79 Å². The van der Waals surface area contributed by atoms with Gasteiger partial charge < -0.3 is 16.2 Å². The van der Waals surface area contributed by atoms with Crippen LogP contribution in [0.2, 0.25) is 0 Å². The molecule has 0 heterocycles. The summed E-state index contributed by atoms with van der Waals surface area (Å²) < 4.78 is 0. The van der Waals surface area contributed by atoms with E-state index in [0.29, 0.717) is 26.1 Å². The molecular formula is C13H21N3O2. The van der Waals surface area contributed by atoms with E-state index in [1.807, 2.05) is 36.2 Å². The van der Waals surface area contributed by atoms with Crippen LogP contribution in [0, 0.1) is 0 Å². The number of carbonyl (C=O) groups excluding carboxylic acids is 1. The minimum absolute atomic E-state index is 0.0652. The number of carbonyl (C=O) groups is 1. The second kappa shape index (κ2) is 7.81. The normalized spacial score (nSPS) is 10.7. The Labute approximate surface area is 108 Å². The lowest BCUT2D eigenvalue weighted by atomic mass is 10.2. The van der Waals surface area contributed by atoms with Gasteiger partial charge in [0.1, 0.15) is 0 Å². The fraction of sp³-hybridized carbons (Fsp3) is 0.462. The lowest BCUT2D eigenvalue weighted by molar-refractivity contribution is -0.117. The highest BCUT2D eigenvalue weighted by atomic mass is 16.3. The number of hydrogen-bond acceptors (Lipinski definition) is 4. The summed E-state index contributed by atoms with van der Waals surface area (Å²) in [6, 6.07) is 7.49. The molecule has 0 fully saturated rings. The van der Waals surface area contributed by atoms with Gasteiger partial charge in [-0.25, -0.2) is 0 Å². The van der Waals surface area contributed by atoms with Gasteiger partial charge in [0.2, 0.25) is 5.91 Å². The quantitative estimate of drug-likeness (QED) is 0.655. The molecule has 0 bridgehead atoms. The number of anilines is 1. The Balaban J connectivity index is 2.43. The molecule has 0 atom stereocenters. The van der Waals surface area contributed by atoms with Crippen molar-refractivity contribution in [2.45, 2.75) is 13.0 Å². The van der Waals surface area contributed by atoms with Crippen molar-refractivity contribution in [2.24, 2.45) is 5.73 Å². The Morgan fingerprint density at radius 1 is 1.50 bits per heavy atom. The SMILES string of the molecule is CN(CCCO)CC(=O)Nc1cccc(CN)c1. The Kier molecular flexibility index (Phi) is 6.35. The van der Waals surface area contributed by atoms with Crippen LogP contribution in [0.5, 0.6) is 0 Å². The summed E-state index contributed by atoms with van der Waals surface area (Å²) in [5.41, 5.74) is 7.29. The van der Waals surface area contributed by atoms with Gasteiger partial charge in [0.25, 0.3) is 0 Å². The predicted octanol–water partition coefficient (Wildman–Crippen LogP) is 0.398. The van der Waals surface area contributed by atoms with Gasteiger partial charge in [-0.1, -0.05) is 12.1 Å². The number of benzene rings is 1. The lowest BCUT2D eigenvalue weighted by Crippen LogP contribution is -2.31. The standard InChI is InChI=1S/C13H21N3O2/c1-16(6-3-7-17)10-13(18)15-12-5-2-4-11(8-12)9-14/h2,4-5,8,17H,3,6-7,9-10,14H2,1H3,(H,15,18). The van der Waals surface area contributed by atoms with E-state index < -0.39 is 0 Å². The van der Waals surface area contributed by atoms with E-state index in [0.717, 1.165) is 11.3 Å². The van der Waals surface area contributed by atoms with Crippen molar-refractivity contribution in [3.8, 4) is 0 Å². The molecule has 1 amide bonds. The van der Waals surface area contributed by atoms with E-state index >= 15 is 0 Å². The van der Waals surface area contributed by atoms with Crippen molar-refractivity contribution in [1.29, 1.82) is 0 Å². The fourth-order valence-electron chi connectivity index (χ4n) is 1.64. The molecular weight excluding hydrogens is 230 g/mol. The molecule has 0 unspecified atom stereocenters. The fourth-order valence-corrected chi connectivity index (χ4v) is 1.64. The summed E-state index contributed by atoms with van der Waals surface area (Å²) in [7, 11) is 1.85. The number of rotatable bonds is 7. The molecule has 5 nitrogen and oxygen atoms in total. The van der Waals surface area contributed by atoms with Gasteiger partial charge in [0.05, 0.1) is 6.54 Å². The third kappa shape index (κ3) is 5.27. The van der Waals surface area contributed by atoms with Crippen LogP contribution >= 0.6 is 0 Å². The first-order valence-corrected chi connectivity index (χ1v) is 6.04. The Morgan fingerprint density at radius 3 is 2.94 bits per heavy atom. The number of nitrogens with two attached hydrogens (primary N) is 1. The molecule has 18 heavy (non-hydrogen) atoms. The molecule has 0 saturated carbocycles. The molecule has 0 saturated heterocycles. The van der Waals surface area contributed by atoms with Crippen LogP contribution in [-0.4, -0.2) is 42.7 Å². The lowest BCUT2D eigenvalue weighted by Gasteiger charge is -2.15. The molecule has 0 aromatic heterocycles. The van der Waals surface area contributed by atoms with Gasteiger partial charge in [-0.2, -0.15) is 0 Å². The molecule has 0 spiro atoms. The predicted molar refractivity (Wildman–Crippen MR) is 72.2 cm³/mol.